The van der Waals surface area contributed by atoms with E-state index in [2.05, 4.69) is 15.0 Å². The van der Waals surface area contributed by atoms with Crippen LogP contribution >= 0.6 is 0 Å². The lowest BCUT2D eigenvalue weighted by molar-refractivity contribution is -0.114. The summed E-state index contributed by atoms with van der Waals surface area (Å²) in [6, 6.07) is 22.2. The molecule has 2 N–H and O–H groups in total. The zero-order valence-corrected chi connectivity index (χ0v) is 23.9. The summed E-state index contributed by atoms with van der Waals surface area (Å²) in [6.45, 7) is 5.45. The third-order valence-corrected chi connectivity index (χ3v) is 9.29. The number of benzene rings is 3. The number of rotatable bonds is 10. The van der Waals surface area contributed by atoms with E-state index in [1.54, 1.807) is 36.4 Å². The molecule has 11 heteroatoms. The summed E-state index contributed by atoms with van der Waals surface area (Å²) >= 11 is 0. The van der Waals surface area contributed by atoms with E-state index in [-0.39, 0.29) is 15.7 Å². The van der Waals surface area contributed by atoms with Crippen molar-refractivity contribution in [2.24, 2.45) is 0 Å². The molecule has 1 heterocycles. The van der Waals surface area contributed by atoms with Gasteiger partial charge in [-0.3, -0.25) is 18.8 Å². The van der Waals surface area contributed by atoms with Gasteiger partial charge < -0.3 is 5.32 Å². The molecular weight excluding hydrogens is 548 g/mol. The highest BCUT2D eigenvalue weighted by Crippen LogP contribution is 2.26. The highest BCUT2D eigenvalue weighted by Gasteiger charge is 2.27. The maximum Gasteiger partial charge on any atom is 0.264 e. The molecule has 1 amide bonds. The molecule has 0 spiro atoms. The highest BCUT2D eigenvalue weighted by atomic mass is 32.2. The van der Waals surface area contributed by atoms with Gasteiger partial charge in [0.1, 0.15) is 6.54 Å². The van der Waals surface area contributed by atoms with Gasteiger partial charge >= 0.3 is 0 Å². The van der Waals surface area contributed by atoms with Crippen LogP contribution in [0.15, 0.2) is 107 Å². The second-order valence-electron chi connectivity index (χ2n) is 9.49. The normalized spacial score (nSPS) is 11.7. The molecule has 0 unspecified atom stereocenters. The largest absolute Gasteiger partial charge is 0.325 e. The molecule has 0 aliphatic carbocycles. The SMILES string of the molecule is Cc1ccc(S(=O)(=O)N(CC(=O)Nc2ccc(S(=O)(=O)Nc3cccnc3)cc2)c2ccc(C(C)C)cc2)cc1. The monoisotopic (exact) mass is 578 g/mol. The van der Waals surface area contributed by atoms with Crippen LogP contribution in [0.3, 0.4) is 0 Å². The van der Waals surface area contributed by atoms with Gasteiger partial charge in [0.25, 0.3) is 20.0 Å². The molecule has 9 nitrogen and oxygen atoms in total. The van der Waals surface area contributed by atoms with E-state index < -0.39 is 32.5 Å². The number of aryl methyl sites for hydroxylation is 1. The van der Waals surface area contributed by atoms with Crippen molar-refractivity contribution in [3.05, 3.63) is 108 Å². The number of hydrogen-bond donors (Lipinski definition) is 2. The quantitative estimate of drug-likeness (QED) is 0.268. The number of anilines is 3. The minimum absolute atomic E-state index is 0.0110. The standard InChI is InChI=1S/C29H30N4O5S2/c1-21(2)23-8-12-26(13-9-23)33(40(37,38)28-14-6-22(3)7-15-28)20-29(34)31-24-10-16-27(17-11-24)39(35,36)32-25-5-4-18-30-19-25/h4-19,21,32H,20H2,1-3H3,(H,31,34). The van der Waals surface area contributed by atoms with Crippen molar-refractivity contribution in [3.8, 4) is 0 Å². The van der Waals surface area contributed by atoms with Gasteiger partial charge in [-0.25, -0.2) is 16.8 Å². The van der Waals surface area contributed by atoms with Gasteiger partial charge in [0, 0.05) is 11.9 Å². The minimum Gasteiger partial charge on any atom is -0.325 e. The first kappa shape index (κ1) is 28.8. The summed E-state index contributed by atoms with van der Waals surface area (Å²) in [5.74, 6) is -0.335. The average Bonchev–Trinajstić information content (AvgIpc) is 2.92. The molecule has 0 fully saturated rings. The Morgan fingerprint density at radius 2 is 1.45 bits per heavy atom. The molecule has 4 aromatic rings. The van der Waals surface area contributed by atoms with Crippen molar-refractivity contribution >= 4 is 43.0 Å². The Hall–Kier alpha value is -4.22. The minimum atomic E-state index is -4.07. The predicted octanol–water partition coefficient (Wildman–Crippen LogP) is 5.15. The van der Waals surface area contributed by atoms with Crippen LogP contribution < -0.4 is 14.3 Å². The summed E-state index contributed by atoms with van der Waals surface area (Å²) in [6.07, 6.45) is 2.92. The van der Waals surface area contributed by atoms with Gasteiger partial charge in [-0.2, -0.15) is 0 Å². The summed E-state index contributed by atoms with van der Waals surface area (Å²) in [5.41, 5.74) is 2.92. The first-order chi connectivity index (χ1) is 19.0. The van der Waals surface area contributed by atoms with Crippen LogP contribution in [0.4, 0.5) is 17.1 Å². The number of amides is 1. The second kappa shape index (κ2) is 11.9. The van der Waals surface area contributed by atoms with Gasteiger partial charge in [0.05, 0.1) is 27.4 Å². The Kier molecular flexibility index (Phi) is 8.55. The molecule has 0 bridgehead atoms. The highest BCUT2D eigenvalue weighted by molar-refractivity contribution is 7.93. The van der Waals surface area contributed by atoms with Crippen molar-refractivity contribution in [2.45, 2.75) is 36.5 Å². The number of hydrogen-bond acceptors (Lipinski definition) is 6. The molecule has 1 aromatic heterocycles. The molecule has 3 aromatic carbocycles. The van der Waals surface area contributed by atoms with Crippen molar-refractivity contribution in [1.29, 1.82) is 0 Å². The first-order valence-electron chi connectivity index (χ1n) is 12.5. The van der Waals surface area contributed by atoms with E-state index in [9.17, 15) is 21.6 Å². The van der Waals surface area contributed by atoms with Crippen LogP contribution in [-0.4, -0.2) is 34.3 Å². The molecular formula is C29H30N4O5S2. The molecule has 0 aliphatic rings. The number of nitrogens with one attached hydrogen (secondary N) is 2. The molecule has 0 atom stereocenters. The number of sulfonamides is 2. The molecule has 0 saturated heterocycles. The van der Waals surface area contributed by atoms with E-state index in [1.807, 2.05) is 32.9 Å². The van der Waals surface area contributed by atoms with Gasteiger partial charge in [-0.1, -0.05) is 43.7 Å². The molecule has 0 radical (unpaired) electrons. The average molecular weight is 579 g/mol. The maximum atomic E-state index is 13.6. The van der Waals surface area contributed by atoms with Crippen molar-refractivity contribution in [2.75, 3.05) is 20.9 Å². The van der Waals surface area contributed by atoms with Crippen LogP contribution in [0.2, 0.25) is 0 Å². The van der Waals surface area contributed by atoms with Crippen molar-refractivity contribution < 1.29 is 21.6 Å². The number of carbonyl (C=O) groups excluding carboxylic acids is 1. The molecule has 208 valence electrons. The fourth-order valence-corrected chi connectivity index (χ4v) is 6.33. The van der Waals surface area contributed by atoms with E-state index in [4.69, 9.17) is 0 Å². The maximum absolute atomic E-state index is 13.6. The molecule has 40 heavy (non-hydrogen) atoms. The number of carbonyl (C=O) groups is 1. The number of aromatic nitrogens is 1. The molecule has 4 rings (SSSR count). The molecule has 0 saturated carbocycles. The fraction of sp³-hybridized carbons (Fsp3) is 0.172. The smallest absolute Gasteiger partial charge is 0.264 e. The van der Waals surface area contributed by atoms with Gasteiger partial charge in [0.2, 0.25) is 5.91 Å². The third kappa shape index (κ3) is 6.85. The Morgan fingerprint density at radius 3 is 2.02 bits per heavy atom. The summed E-state index contributed by atoms with van der Waals surface area (Å²) < 4.78 is 56.1. The van der Waals surface area contributed by atoms with Gasteiger partial charge in [-0.05, 0) is 79.1 Å². The van der Waals surface area contributed by atoms with E-state index in [0.717, 1.165) is 15.4 Å². The zero-order valence-electron chi connectivity index (χ0n) is 22.3. The van der Waals surface area contributed by atoms with E-state index >= 15 is 0 Å². The zero-order chi connectivity index (χ0) is 28.9. The van der Waals surface area contributed by atoms with Gasteiger partial charge in [-0.15, -0.1) is 0 Å². The summed E-state index contributed by atoms with van der Waals surface area (Å²) in [4.78, 5) is 17.0. The van der Waals surface area contributed by atoms with Crippen LogP contribution in [0.25, 0.3) is 0 Å². The third-order valence-electron chi connectivity index (χ3n) is 6.11. The lowest BCUT2D eigenvalue weighted by Crippen LogP contribution is -2.38. The van der Waals surface area contributed by atoms with Crippen LogP contribution in [0.1, 0.15) is 30.9 Å². The van der Waals surface area contributed by atoms with Crippen molar-refractivity contribution in [3.63, 3.8) is 0 Å². The topological polar surface area (TPSA) is 126 Å². The van der Waals surface area contributed by atoms with Crippen LogP contribution in [0.5, 0.6) is 0 Å². The van der Waals surface area contributed by atoms with Gasteiger partial charge in [0.15, 0.2) is 0 Å². The van der Waals surface area contributed by atoms with Crippen LogP contribution in [-0.2, 0) is 24.8 Å². The lowest BCUT2D eigenvalue weighted by atomic mass is 10.0. The fourth-order valence-electron chi connectivity index (χ4n) is 3.86. The molecule has 0 aliphatic heterocycles. The second-order valence-corrected chi connectivity index (χ2v) is 13.0. The summed E-state index contributed by atoms with van der Waals surface area (Å²) in [5, 5.41) is 2.66. The van der Waals surface area contributed by atoms with Crippen molar-refractivity contribution in [1.82, 2.24) is 4.98 Å². The Balaban J connectivity index is 1.55. The Morgan fingerprint density at radius 1 is 0.825 bits per heavy atom. The first-order valence-corrected chi connectivity index (χ1v) is 15.4. The van der Waals surface area contributed by atoms with E-state index in [0.29, 0.717) is 17.1 Å². The Bertz CT molecular complexity index is 1670. The van der Waals surface area contributed by atoms with Crippen LogP contribution in [0, 0.1) is 6.92 Å². The number of nitrogens with zero attached hydrogens (tertiary/aromatic N) is 2. The lowest BCUT2D eigenvalue weighted by Gasteiger charge is -2.24. The Labute approximate surface area is 235 Å². The number of pyridine rings is 1. The predicted molar refractivity (Wildman–Crippen MR) is 156 cm³/mol. The van der Waals surface area contributed by atoms with E-state index in [1.165, 1.54) is 48.8 Å². The summed E-state index contributed by atoms with van der Waals surface area (Å²) in [7, 11) is -7.93.